The highest BCUT2D eigenvalue weighted by atomic mass is 16.6. The second-order valence-electron chi connectivity index (χ2n) is 7.44. The molecule has 0 aromatic heterocycles. The molecule has 2 aromatic carbocycles. The molecule has 1 heterocycles. The van der Waals surface area contributed by atoms with Gasteiger partial charge in [-0.05, 0) is 30.9 Å². The lowest BCUT2D eigenvalue weighted by atomic mass is 9.79. The number of aliphatic hydroxyl groups excluding tert-OH is 1. The van der Waals surface area contributed by atoms with Crippen LogP contribution in [0.4, 0.5) is 4.79 Å². The molecule has 1 saturated heterocycles. The molecular formula is C23H29NO5. The first-order chi connectivity index (χ1) is 14.1. The summed E-state index contributed by atoms with van der Waals surface area (Å²) in [5.74, 6) is 0.635. The van der Waals surface area contributed by atoms with Crippen LogP contribution in [0.5, 0.6) is 5.75 Å². The Morgan fingerprint density at radius 2 is 1.90 bits per heavy atom. The van der Waals surface area contributed by atoms with E-state index in [2.05, 4.69) is 0 Å². The second-order valence-corrected chi connectivity index (χ2v) is 7.44. The number of carbonyl (C=O) groups excluding carboxylic acids is 1. The number of para-hydroxylation sites is 1. The third-order valence-electron chi connectivity index (χ3n) is 5.52. The van der Waals surface area contributed by atoms with Gasteiger partial charge in [0.05, 0.1) is 12.7 Å². The smallest absolute Gasteiger partial charge is 0.410 e. The number of piperidine rings is 1. The Labute approximate surface area is 171 Å². The largest absolute Gasteiger partial charge is 0.496 e. The molecule has 0 radical (unpaired) electrons. The van der Waals surface area contributed by atoms with E-state index in [1.165, 1.54) is 0 Å². The third-order valence-corrected chi connectivity index (χ3v) is 5.52. The van der Waals surface area contributed by atoms with E-state index < -0.39 is 5.60 Å². The number of hydrogen-bond donors (Lipinski definition) is 2. The van der Waals surface area contributed by atoms with Crippen molar-refractivity contribution in [2.45, 2.75) is 43.9 Å². The van der Waals surface area contributed by atoms with E-state index in [1.807, 2.05) is 54.6 Å². The molecule has 1 amide bonds. The monoisotopic (exact) mass is 399 g/mol. The van der Waals surface area contributed by atoms with E-state index >= 15 is 0 Å². The number of carbonyl (C=O) groups is 1. The van der Waals surface area contributed by atoms with Crippen molar-refractivity contribution in [3.63, 3.8) is 0 Å². The van der Waals surface area contributed by atoms with E-state index in [-0.39, 0.29) is 25.3 Å². The van der Waals surface area contributed by atoms with Gasteiger partial charge in [-0.25, -0.2) is 4.79 Å². The van der Waals surface area contributed by atoms with Crippen molar-refractivity contribution in [1.82, 2.24) is 4.90 Å². The quantitative estimate of drug-likeness (QED) is 0.745. The summed E-state index contributed by atoms with van der Waals surface area (Å²) in [5.41, 5.74) is 0.562. The van der Waals surface area contributed by atoms with Crippen molar-refractivity contribution < 1.29 is 24.5 Å². The van der Waals surface area contributed by atoms with Crippen molar-refractivity contribution >= 4 is 6.09 Å². The zero-order chi connectivity index (χ0) is 20.7. The molecule has 1 fully saturated rings. The van der Waals surface area contributed by atoms with Gasteiger partial charge in [0.15, 0.2) is 0 Å². The van der Waals surface area contributed by atoms with Crippen LogP contribution in [0.15, 0.2) is 54.6 Å². The average Bonchev–Trinajstić information content (AvgIpc) is 2.76. The summed E-state index contributed by atoms with van der Waals surface area (Å²) in [7, 11) is 1.58. The Morgan fingerprint density at radius 1 is 1.17 bits per heavy atom. The number of methoxy groups -OCH3 is 1. The molecule has 6 nitrogen and oxygen atoms in total. The number of rotatable bonds is 7. The number of aliphatic hydroxyl groups is 2. The Morgan fingerprint density at radius 3 is 2.62 bits per heavy atom. The van der Waals surface area contributed by atoms with Crippen LogP contribution < -0.4 is 4.74 Å². The van der Waals surface area contributed by atoms with E-state index in [9.17, 15) is 15.0 Å². The van der Waals surface area contributed by atoms with E-state index in [4.69, 9.17) is 9.47 Å². The molecule has 0 aliphatic carbocycles. The molecule has 0 bridgehead atoms. The molecule has 2 aromatic rings. The van der Waals surface area contributed by atoms with Crippen LogP contribution in [0.1, 0.15) is 36.8 Å². The van der Waals surface area contributed by atoms with Gasteiger partial charge in [0.2, 0.25) is 0 Å². The fraction of sp³-hybridized carbons (Fsp3) is 0.435. The number of ether oxygens (including phenoxy) is 2. The molecule has 0 spiro atoms. The summed E-state index contributed by atoms with van der Waals surface area (Å²) in [5, 5.41) is 20.7. The average molecular weight is 399 g/mol. The molecule has 29 heavy (non-hydrogen) atoms. The summed E-state index contributed by atoms with van der Waals surface area (Å²) in [6, 6.07) is 16.8. The first kappa shape index (κ1) is 21.1. The van der Waals surface area contributed by atoms with Crippen molar-refractivity contribution in [3.8, 4) is 5.75 Å². The fourth-order valence-corrected chi connectivity index (χ4v) is 3.99. The highest BCUT2D eigenvalue weighted by molar-refractivity contribution is 5.68. The predicted molar refractivity (Wildman–Crippen MR) is 110 cm³/mol. The highest BCUT2D eigenvalue weighted by Crippen LogP contribution is 2.41. The van der Waals surface area contributed by atoms with Crippen LogP contribution in [0.3, 0.4) is 0 Å². The van der Waals surface area contributed by atoms with Crippen LogP contribution in [0, 0.1) is 0 Å². The van der Waals surface area contributed by atoms with Crippen molar-refractivity contribution in [3.05, 3.63) is 65.7 Å². The van der Waals surface area contributed by atoms with Gasteiger partial charge in [0.25, 0.3) is 0 Å². The van der Waals surface area contributed by atoms with Gasteiger partial charge in [-0.3, -0.25) is 0 Å². The van der Waals surface area contributed by atoms with Crippen molar-refractivity contribution in [1.29, 1.82) is 0 Å². The van der Waals surface area contributed by atoms with Gasteiger partial charge >= 0.3 is 6.09 Å². The minimum atomic E-state index is -1.09. The van der Waals surface area contributed by atoms with Gasteiger partial charge in [-0.2, -0.15) is 0 Å². The standard InChI is InChI=1S/C23H29NO5/c1-28-21-12-6-5-11-20(21)23(27)13-14-24(19(16-23)10-7-15-25)22(26)29-17-18-8-3-2-4-9-18/h2-6,8-9,11-12,19,25,27H,7,10,13-17H2,1H3. The molecule has 2 unspecified atom stereocenters. The normalized spacial score (nSPS) is 21.6. The lowest BCUT2D eigenvalue weighted by molar-refractivity contribution is -0.0530. The molecule has 2 N–H and O–H groups in total. The summed E-state index contributed by atoms with van der Waals surface area (Å²) < 4.78 is 11.0. The number of hydrogen-bond acceptors (Lipinski definition) is 5. The Balaban J connectivity index is 1.73. The van der Waals surface area contributed by atoms with Crippen LogP contribution >= 0.6 is 0 Å². The highest BCUT2D eigenvalue weighted by Gasteiger charge is 2.42. The third kappa shape index (κ3) is 5.08. The van der Waals surface area contributed by atoms with Crippen LogP contribution in [-0.2, 0) is 16.9 Å². The number of nitrogens with zero attached hydrogens (tertiary/aromatic N) is 1. The number of amides is 1. The van der Waals surface area contributed by atoms with Gasteiger partial charge in [-0.15, -0.1) is 0 Å². The summed E-state index contributed by atoms with van der Waals surface area (Å²) in [6.07, 6.45) is 1.51. The first-order valence-electron chi connectivity index (χ1n) is 10.0. The van der Waals surface area contributed by atoms with Gasteiger partial charge < -0.3 is 24.6 Å². The van der Waals surface area contributed by atoms with E-state index in [1.54, 1.807) is 12.0 Å². The molecule has 1 aliphatic rings. The first-order valence-corrected chi connectivity index (χ1v) is 10.0. The fourth-order valence-electron chi connectivity index (χ4n) is 3.99. The van der Waals surface area contributed by atoms with E-state index in [0.29, 0.717) is 38.0 Å². The zero-order valence-corrected chi connectivity index (χ0v) is 16.8. The molecule has 0 saturated carbocycles. The van der Waals surface area contributed by atoms with Crippen LogP contribution in [0.2, 0.25) is 0 Å². The molecule has 1 aliphatic heterocycles. The lowest BCUT2D eigenvalue weighted by Gasteiger charge is -2.44. The van der Waals surface area contributed by atoms with Crippen LogP contribution in [-0.4, -0.2) is 47.5 Å². The SMILES string of the molecule is COc1ccccc1C1(O)CCN(C(=O)OCc2ccccc2)C(CCCO)C1. The Kier molecular flexibility index (Phi) is 7.12. The summed E-state index contributed by atoms with van der Waals surface area (Å²) in [6.45, 7) is 0.619. The van der Waals surface area contributed by atoms with Crippen LogP contribution in [0.25, 0.3) is 0 Å². The molecular weight excluding hydrogens is 370 g/mol. The Bertz CT molecular complexity index is 797. The minimum absolute atomic E-state index is 0.0382. The van der Waals surface area contributed by atoms with E-state index in [0.717, 1.165) is 11.1 Å². The summed E-state index contributed by atoms with van der Waals surface area (Å²) >= 11 is 0. The maximum atomic E-state index is 12.8. The van der Waals surface area contributed by atoms with Crippen molar-refractivity contribution in [2.24, 2.45) is 0 Å². The minimum Gasteiger partial charge on any atom is -0.496 e. The topological polar surface area (TPSA) is 79.2 Å². The predicted octanol–water partition coefficient (Wildman–Crippen LogP) is 3.46. The summed E-state index contributed by atoms with van der Waals surface area (Å²) in [4.78, 5) is 14.4. The van der Waals surface area contributed by atoms with Gasteiger partial charge in [0, 0.05) is 31.2 Å². The second kappa shape index (κ2) is 9.76. The van der Waals surface area contributed by atoms with Gasteiger partial charge in [0.1, 0.15) is 12.4 Å². The number of benzene rings is 2. The molecule has 156 valence electrons. The van der Waals surface area contributed by atoms with Gasteiger partial charge in [-0.1, -0.05) is 48.5 Å². The zero-order valence-electron chi connectivity index (χ0n) is 16.8. The van der Waals surface area contributed by atoms with Crippen molar-refractivity contribution in [2.75, 3.05) is 20.3 Å². The molecule has 3 rings (SSSR count). The Hall–Kier alpha value is -2.57. The number of likely N-dealkylation sites (tertiary alicyclic amines) is 1. The maximum absolute atomic E-state index is 12.8. The maximum Gasteiger partial charge on any atom is 0.410 e. The molecule has 6 heteroatoms. The molecule has 2 atom stereocenters. The lowest BCUT2D eigenvalue weighted by Crippen LogP contribution is -2.51.